The van der Waals surface area contributed by atoms with Crippen LogP contribution in [0.15, 0.2) is 0 Å². The third-order valence-electron chi connectivity index (χ3n) is 4.82. The summed E-state index contributed by atoms with van der Waals surface area (Å²) in [6.45, 7) is 1.11. The standard InChI is InChI=1S/C12H20N2O2/c1-16-11(15)7-10-4-6-12-5-2-3-9(12)8-13-14(10)12/h9-10,13H,2-8H2,1H3/t9-,10+,12+/m0/s1. The van der Waals surface area contributed by atoms with E-state index in [1.165, 1.54) is 32.8 Å². The lowest BCUT2D eigenvalue weighted by Crippen LogP contribution is -2.48. The number of nitrogens with zero attached hydrogens (tertiary/aromatic N) is 1. The molecular weight excluding hydrogens is 204 g/mol. The SMILES string of the molecule is COC(=O)C[C@H]1CC[C@]23CCC[C@H]2CNN13. The largest absolute Gasteiger partial charge is 0.469 e. The lowest BCUT2D eigenvalue weighted by molar-refractivity contribution is -0.142. The monoisotopic (exact) mass is 224 g/mol. The summed E-state index contributed by atoms with van der Waals surface area (Å²) in [6, 6.07) is 0.357. The van der Waals surface area contributed by atoms with E-state index in [0.717, 1.165) is 18.9 Å². The van der Waals surface area contributed by atoms with E-state index in [-0.39, 0.29) is 5.97 Å². The van der Waals surface area contributed by atoms with Gasteiger partial charge in [0.2, 0.25) is 0 Å². The summed E-state index contributed by atoms with van der Waals surface area (Å²) < 4.78 is 4.78. The lowest BCUT2D eigenvalue weighted by atomic mass is 9.87. The number of carbonyl (C=O) groups is 1. The molecule has 0 aromatic carbocycles. The van der Waals surface area contributed by atoms with Crippen molar-refractivity contribution in [1.29, 1.82) is 0 Å². The number of carbonyl (C=O) groups excluding carboxylic acids is 1. The third kappa shape index (κ3) is 1.32. The zero-order valence-corrected chi connectivity index (χ0v) is 9.87. The topological polar surface area (TPSA) is 41.6 Å². The average molecular weight is 224 g/mol. The number of nitrogens with one attached hydrogen (secondary N) is 1. The van der Waals surface area contributed by atoms with Gasteiger partial charge in [-0.25, -0.2) is 5.01 Å². The summed E-state index contributed by atoms with van der Waals surface area (Å²) in [6.07, 6.45) is 6.95. The summed E-state index contributed by atoms with van der Waals surface area (Å²) >= 11 is 0. The summed E-state index contributed by atoms with van der Waals surface area (Å²) in [5.74, 6) is 0.737. The van der Waals surface area contributed by atoms with Gasteiger partial charge in [-0.2, -0.15) is 0 Å². The van der Waals surface area contributed by atoms with Gasteiger partial charge in [-0.3, -0.25) is 10.2 Å². The first-order valence-corrected chi connectivity index (χ1v) is 6.36. The van der Waals surface area contributed by atoms with Gasteiger partial charge in [0.15, 0.2) is 0 Å². The van der Waals surface area contributed by atoms with E-state index in [1.807, 2.05) is 0 Å². The normalized spacial score (nSPS) is 42.1. The molecule has 0 radical (unpaired) electrons. The predicted octanol–water partition coefficient (Wildman–Crippen LogP) is 1.07. The Hall–Kier alpha value is -0.610. The van der Waals surface area contributed by atoms with E-state index < -0.39 is 0 Å². The molecule has 1 N–H and O–H groups in total. The molecule has 4 heteroatoms. The molecule has 0 amide bonds. The fourth-order valence-corrected chi connectivity index (χ4v) is 4.06. The van der Waals surface area contributed by atoms with Crippen LogP contribution in [0.2, 0.25) is 0 Å². The van der Waals surface area contributed by atoms with Crippen LogP contribution in [0.25, 0.3) is 0 Å². The number of hydrogen-bond acceptors (Lipinski definition) is 4. The van der Waals surface area contributed by atoms with Crippen LogP contribution in [-0.4, -0.2) is 36.2 Å². The van der Waals surface area contributed by atoms with Gasteiger partial charge in [0.1, 0.15) is 0 Å². The van der Waals surface area contributed by atoms with Gasteiger partial charge in [-0.05, 0) is 31.6 Å². The summed E-state index contributed by atoms with van der Waals surface area (Å²) in [5, 5.41) is 2.40. The molecule has 2 saturated heterocycles. The Morgan fingerprint density at radius 2 is 2.38 bits per heavy atom. The molecule has 1 spiro atoms. The minimum absolute atomic E-state index is 0.0784. The molecule has 16 heavy (non-hydrogen) atoms. The maximum atomic E-state index is 11.4. The van der Waals surface area contributed by atoms with E-state index in [1.54, 1.807) is 0 Å². The number of ether oxygens (including phenoxy) is 1. The highest BCUT2D eigenvalue weighted by Gasteiger charge is 2.57. The van der Waals surface area contributed by atoms with Crippen molar-refractivity contribution in [2.75, 3.05) is 13.7 Å². The molecule has 3 aliphatic rings. The molecule has 4 nitrogen and oxygen atoms in total. The van der Waals surface area contributed by atoms with Gasteiger partial charge < -0.3 is 4.74 Å². The van der Waals surface area contributed by atoms with Gasteiger partial charge in [0, 0.05) is 18.1 Å². The van der Waals surface area contributed by atoms with Crippen molar-refractivity contribution in [3.63, 3.8) is 0 Å². The Bertz CT molecular complexity index is 307. The van der Waals surface area contributed by atoms with Gasteiger partial charge in [-0.15, -0.1) is 0 Å². The van der Waals surface area contributed by atoms with Crippen molar-refractivity contribution in [1.82, 2.24) is 10.4 Å². The summed E-state index contributed by atoms with van der Waals surface area (Å²) in [5.41, 5.74) is 3.90. The van der Waals surface area contributed by atoms with Crippen LogP contribution in [0, 0.1) is 5.92 Å². The van der Waals surface area contributed by atoms with E-state index >= 15 is 0 Å². The second-order valence-corrected chi connectivity index (χ2v) is 5.40. The number of rotatable bonds is 2. The van der Waals surface area contributed by atoms with Crippen molar-refractivity contribution in [2.45, 2.75) is 50.1 Å². The van der Waals surface area contributed by atoms with Gasteiger partial charge in [0.25, 0.3) is 0 Å². The van der Waals surface area contributed by atoms with Crippen LogP contribution >= 0.6 is 0 Å². The predicted molar refractivity (Wildman–Crippen MR) is 59.6 cm³/mol. The highest BCUT2D eigenvalue weighted by Crippen LogP contribution is 2.51. The smallest absolute Gasteiger partial charge is 0.307 e. The number of hydrogen-bond donors (Lipinski definition) is 1. The van der Waals surface area contributed by atoms with Crippen molar-refractivity contribution in [3.05, 3.63) is 0 Å². The molecule has 1 saturated carbocycles. The first-order valence-electron chi connectivity index (χ1n) is 6.36. The highest BCUT2D eigenvalue weighted by molar-refractivity contribution is 5.70. The Morgan fingerprint density at radius 1 is 1.50 bits per heavy atom. The molecule has 90 valence electrons. The zero-order chi connectivity index (χ0) is 11.2. The zero-order valence-electron chi connectivity index (χ0n) is 9.87. The first kappa shape index (κ1) is 10.5. The summed E-state index contributed by atoms with van der Waals surface area (Å²) in [7, 11) is 1.48. The first-order chi connectivity index (χ1) is 7.76. The molecule has 0 aromatic rings. The third-order valence-corrected chi connectivity index (χ3v) is 4.82. The highest BCUT2D eigenvalue weighted by atomic mass is 16.5. The molecule has 3 rings (SSSR count). The summed E-state index contributed by atoms with van der Waals surface area (Å²) in [4.78, 5) is 11.4. The molecule has 3 atom stereocenters. The molecule has 0 bridgehead atoms. The van der Waals surface area contributed by atoms with Crippen molar-refractivity contribution in [3.8, 4) is 0 Å². The van der Waals surface area contributed by atoms with Crippen LogP contribution < -0.4 is 5.43 Å². The second kappa shape index (κ2) is 3.70. The van der Waals surface area contributed by atoms with Crippen molar-refractivity contribution in [2.24, 2.45) is 5.92 Å². The Balaban J connectivity index is 1.74. The van der Waals surface area contributed by atoms with E-state index in [0.29, 0.717) is 18.0 Å². The van der Waals surface area contributed by atoms with Gasteiger partial charge in [0.05, 0.1) is 13.5 Å². The van der Waals surface area contributed by atoms with Crippen LogP contribution in [0.4, 0.5) is 0 Å². The Kier molecular flexibility index (Phi) is 2.44. The van der Waals surface area contributed by atoms with Crippen LogP contribution in [-0.2, 0) is 9.53 Å². The van der Waals surface area contributed by atoms with Gasteiger partial charge in [-0.1, -0.05) is 6.42 Å². The van der Waals surface area contributed by atoms with Crippen LogP contribution in [0.5, 0.6) is 0 Å². The maximum absolute atomic E-state index is 11.4. The molecule has 2 aliphatic heterocycles. The second-order valence-electron chi connectivity index (χ2n) is 5.40. The molecule has 0 aromatic heterocycles. The van der Waals surface area contributed by atoms with E-state index in [2.05, 4.69) is 10.4 Å². The van der Waals surface area contributed by atoms with Crippen molar-refractivity contribution >= 4 is 5.97 Å². The number of hydrazine groups is 1. The molecule has 3 fully saturated rings. The molecule has 0 unspecified atom stereocenters. The molecular formula is C12H20N2O2. The fourth-order valence-electron chi connectivity index (χ4n) is 4.06. The quantitative estimate of drug-likeness (QED) is 0.712. The minimum atomic E-state index is -0.0784. The molecule has 2 heterocycles. The minimum Gasteiger partial charge on any atom is -0.469 e. The van der Waals surface area contributed by atoms with Crippen molar-refractivity contribution < 1.29 is 9.53 Å². The van der Waals surface area contributed by atoms with Gasteiger partial charge >= 0.3 is 5.97 Å². The van der Waals surface area contributed by atoms with Crippen LogP contribution in [0.1, 0.15) is 38.5 Å². The fraction of sp³-hybridized carbons (Fsp3) is 0.917. The van der Waals surface area contributed by atoms with E-state index in [4.69, 9.17) is 4.74 Å². The lowest BCUT2D eigenvalue weighted by Gasteiger charge is -2.33. The number of esters is 1. The molecule has 1 aliphatic carbocycles. The maximum Gasteiger partial charge on any atom is 0.307 e. The number of methoxy groups -OCH3 is 1. The average Bonchev–Trinajstić information content (AvgIpc) is 2.89. The Labute approximate surface area is 96.3 Å². The van der Waals surface area contributed by atoms with E-state index in [9.17, 15) is 4.79 Å². The Morgan fingerprint density at radius 3 is 3.19 bits per heavy atom. The van der Waals surface area contributed by atoms with Crippen LogP contribution in [0.3, 0.4) is 0 Å².